The maximum Gasteiger partial charge on any atom is 0.259 e. The van der Waals surface area contributed by atoms with Crippen LogP contribution >= 0.6 is 0 Å². The first-order valence-electron chi connectivity index (χ1n) is 8.10. The van der Waals surface area contributed by atoms with Crippen LogP contribution in [-0.4, -0.2) is 32.6 Å². The third-order valence-electron chi connectivity index (χ3n) is 3.88. The van der Waals surface area contributed by atoms with E-state index in [1.165, 1.54) is 0 Å². The molecule has 3 rings (SSSR count). The Morgan fingerprint density at radius 1 is 1.28 bits per heavy atom. The van der Waals surface area contributed by atoms with Crippen molar-refractivity contribution in [2.75, 3.05) is 12.4 Å². The summed E-state index contributed by atoms with van der Waals surface area (Å²) >= 11 is 0. The van der Waals surface area contributed by atoms with Crippen LogP contribution in [0.2, 0.25) is 0 Å². The van der Waals surface area contributed by atoms with Crippen molar-refractivity contribution in [1.29, 1.82) is 0 Å². The summed E-state index contributed by atoms with van der Waals surface area (Å²) in [6.07, 6.45) is 5.19. The van der Waals surface area contributed by atoms with Crippen molar-refractivity contribution in [3.8, 4) is 5.75 Å². The summed E-state index contributed by atoms with van der Waals surface area (Å²) in [5.41, 5.74) is 3.00. The number of anilines is 1. The van der Waals surface area contributed by atoms with E-state index in [0.717, 1.165) is 17.9 Å². The van der Waals surface area contributed by atoms with Crippen molar-refractivity contribution in [1.82, 2.24) is 19.6 Å². The van der Waals surface area contributed by atoms with Gasteiger partial charge >= 0.3 is 0 Å². The van der Waals surface area contributed by atoms with Crippen LogP contribution in [0.4, 0.5) is 5.69 Å². The molecule has 7 heteroatoms. The van der Waals surface area contributed by atoms with Crippen LogP contribution in [0.5, 0.6) is 5.75 Å². The van der Waals surface area contributed by atoms with E-state index in [0.29, 0.717) is 23.5 Å². The molecule has 3 aromatic rings. The van der Waals surface area contributed by atoms with Gasteiger partial charge in [-0.3, -0.25) is 14.2 Å². The van der Waals surface area contributed by atoms with Crippen LogP contribution < -0.4 is 10.1 Å². The van der Waals surface area contributed by atoms with Gasteiger partial charge in [0.05, 0.1) is 36.8 Å². The van der Waals surface area contributed by atoms with Crippen molar-refractivity contribution in [2.45, 2.75) is 26.9 Å². The molecule has 1 amide bonds. The first kappa shape index (κ1) is 16.8. The van der Waals surface area contributed by atoms with Gasteiger partial charge in [-0.1, -0.05) is 12.1 Å². The van der Waals surface area contributed by atoms with E-state index in [2.05, 4.69) is 15.5 Å². The minimum Gasteiger partial charge on any atom is -0.497 e. The Balaban J connectivity index is 1.68. The zero-order valence-electron chi connectivity index (χ0n) is 14.6. The first-order chi connectivity index (χ1) is 12.1. The monoisotopic (exact) mass is 339 g/mol. The van der Waals surface area contributed by atoms with Gasteiger partial charge in [0.1, 0.15) is 5.75 Å². The summed E-state index contributed by atoms with van der Waals surface area (Å²) in [7, 11) is 1.64. The Bertz CT molecular complexity index is 881. The molecule has 7 nitrogen and oxygen atoms in total. The highest BCUT2D eigenvalue weighted by atomic mass is 16.5. The van der Waals surface area contributed by atoms with Gasteiger partial charge in [-0.25, -0.2) is 0 Å². The number of nitrogens with one attached hydrogen (secondary N) is 1. The van der Waals surface area contributed by atoms with Crippen molar-refractivity contribution in [2.24, 2.45) is 0 Å². The molecular weight excluding hydrogens is 318 g/mol. The molecule has 0 saturated heterocycles. The smallest absolute Gasteiger partial charge is 0.259 e. The lowest BCUT2D eigenvalue weighted by molar-refractivity contribution is 0.102. The number of ether oxygens (including phenoxy) is 1. The Morgan fingerprint density at radius 2 is 2.12 bits per heavy atom. The number of amides is 1. The van der Waals surface area contributed by atoms with Crippen LogP contribution in [0.25, 0.3) is 0 Å². The van der Waals surface area contributed by atoms with Crippen molar-refractivity contribution in [3.05, 3.63) is 59.7 Å². The van der Waals surface area contributed by atoms with Crippen LogP contribution in [-0.2, 0) is 13.1 Å². The number of hydrogen-bond donors (Lipinski definition) is 1. The zero-order chi connectivity index (χ0) is 17.8. The van der Waals surface area contributed by atoms with Gasteiger partial charge in [0.15, 0.2) is 0 Å². The topological polar surface area (TPSA) is 74.0 Å². The van der Waals surface area contributed by atoms with Crippen LogP contribution in [0.3, 0.4) is 0 Å². The summed E-state index contributed by atoms with van der Waals surface area (Å²) < 4.78 is 8.74. The van der Waals surface area contributed by atoms with Gasteiger partial charge in [-0.2, -0.15) is 10.2 Å². The van der Waals surface area contributed by atoms with E-state index in [1.54, 1.807) is 35.1 Å². The molecule has 0 radical (unpaired) electrons. The molecule has 0 aliphatic carbocycles. The molecule has 2 heterocycles. The van der Waals surface area contributed by atoms with Crippen LogP contribution in [0.1, 0.15) is 28.5 Å². The molecule has 25 heavy (non-hydrogen) atoms. The van der Waals surface area contributed by atoms with E-state index in [9.17, 15) is 4.79 Å². The molecule has 0 fully saturated rings. The fraction of sp³-hybridized carbons (Fsp3) is 0.278. The summed E-state index contributed by atoms with van der Waals surface area (Å²) in [5.74, 6) is 0.625. The van der Waals surface area contributed by atoms with Gasteiger partial charge in [-0.05, 0) is 31.5 Å². The molecule has 0 spiro atoms. The normalized spacial score (nSPS) is 10.7. The summed E-state index contributed by atoms with van der Waals surface area (Å²) in [4.78, 5) is 12.4. The Labute approximate surface area is 146 Å². The second-order valence-corrected chi connectivity index (χ2v) is 5.72. The molecule has 0 unspecified atom stereocenters. The maximum atomic E-state index is 12.4. The minimum atomic E-state index is -0.182. The van der Waals surface area contributed by atoms with E-state index >= 15 is 0 Å². The Hall–Kier alpha value is -3.09. The van der Waals surface area contributed by atoms with Gasteiger partial charge in [0.2, 0.25) is 0 Å². The van der Waals surface area contributed by atoms with Gasteiger partial charge in [-0.15, -0.1) is 0 Å². The Kier molecular flexibility index (Phi) is 4.83. The second kappa shape index (κ2) is 7.21. The first-order valence-corrected chi connectivity index (χ1v) is 8.10. The fourth-order valence-corrected chi connectivity index (χ4v) is 2.57. The molecule has 0 aliphatic rings. The van der Waals surface area contributed by atoms with Gasteiger partial charge < -0.3 is 10.1 Å². The third kappa shape index (κ3) is 3.88. The average molecular weight is 339 g/mol. The lowest BCUT2D eigenvalue weighted by Gasteiger charge is -2.04. The second-order valence-electron chi connectivity index (χ2n) is 5.72. The van der Waals surface area contributed by atoms with Crippen molar-refractivity contribution in [3.63, 3.8) is 0 Å². The predicted molar refractivity (Wildman–Crippen MR) is 94.9 cm³/mol. The van der Waals surface area contributed by atoms with Crippen molar-refractivity contribution >= 4 is 11.6 Å². The van der Waals surface area contributed by atoms with Gasteiger partial charge in [0, 0.05) is 18.9 Å². The van der Waals surface area contributed by atoms with Crippen molar-refractivity contribution < 1.29 is 9.53 Å². The highest BCUT2D eigenvalue weighted by molar-refractivity contribution is 6.04. The number of benzene rings is 1. The van der Waals surface area contributed by atoms with E-state index < -0.39 is 0 Å². The summed E-state index contributed by atoms with van der Waals surface area (Å²) in [5, 5.41) is 11.5. The molecular formula is C18H21N5O2. The molecule has 0 bridgehead atoms. The number of aromatic nitrogens is 4. The Morgan fingerprint density at radius 3 is 2.84 bits per heavy atom. The number of rotatable bonds is 6. The molecule has 0 aliphatic heterocycles. The number of hydrogen-bond acceptors (Lipinski definition) is 4. The number of carbonyl (C=O) groups excluding carboxylic acids is 1. The zero-order valence-corrected chi connectivity index (χ0v) is 14.6. The van der Waals surface area contributed by atoms with Crippen LogP contribution in [0, 0.1) is 6.92 Å². The summed E-state index contributed by atoms with van der Waals surface area (Å²) in [6, 6.07) is 7.80. The van der Waals surface area contributed by atoms with E-state index in [4.69, 9.17) is 4.74 Å². The largest absolute Gasteiger partial charge is 0.497 e. The standard InChI is InChI=1S/C18H21N5O2/c1-4-22-12-17(13(2)21-22)18(24)20-15-9-19-23(11-15)10-14-6-5-7-16(8-14)25-3/h5-9,11-12H,4,10H2,1-3H3,(H,20,24). The molecule has 1 aromatic carbocycles. The molecule has 2 aromatic heterocycles. The highest BCUT2D eigenvalue weighted by Gasteiger charge is 2.14. The number of aryl methyl sites for hydroxylation is 2. The fourth-order valence-electron chi connectivity index (χ4n) is 2.57. The molecule has 130 valence electrons. The molecule has 0 atom stereocenters. The lowest BCUT2D eigenvalue weighted by atomic mass is 10.2. The molecule has 0 saturated carbocycles. The predicted octanol–water partition coefficient (Wildman–Crippen LogP) is 2.72. The average Bonchev–Trinajstić information content (AvgIpc) is 3.21. The van der Waals surface area contributed by atoms with E-state index in [1.807, 2.05) is 38.1 Å². The quantitative estimate of drug-likeness (QED) is 0.749. The van der Waals surface area contributed by atoms with Crippen LogP contribution in [0.15, 0.2) is 42.9 Å². The summed E-state index contributed by atoms with van der Waals surface area (Å²) in [6.45, 7) is 5.14. The van der Waals surface area contributed by atoms with Gasteiger partial charge in [0.25, 0.3) is 5.91 Å². The number of methoxy groups -OCH3 is 1. The number of carbonyl (C=O) groups is 1. The highest BCUT2D eigenvalue weighted by Crippen LogP contribution is 2.15. The lowest BCUT2D eigenvalue weighted by Crippen LogP contribution is -2.12. The maximum absolute atomic E-state index is 12.4. The number of nitrogens with zero attached hydrogens (tertiary/aromatic N) is 4. The molecule has 1 N–H and O–H groups in total. The minimum absolute atomic E-state index is 0.182. The SMILES string of the molecule is CCn1cc(C(=O)Nc2cnn(Cc3cccc(OC)c3)c2)c(C)n1. The third-order valence-corrected chi connectivity index (χ3v) is 3.88. The van der Waals surface area contributed by atoms with E-state index in [-0.39, 0.29) is 5.91 Å².